The zero-order chi connectivity index (χ0) is 31.1. The van der Waals surface area contributed by atoms with Gasteiger partial charge in [-0.15, -0.1) is 13.2 Å². The number of carbonyl (C=O) groups excluding carboxylic acids is 4. The van der Waals surface area contributed by atoms with E-state index >= 15 is 0 Å². The van der Waals surface area contributed by atoms with Crippen LogP contribution < -0.4 is 5.32 Å². The molecule has 1 aromatic carbocycles. The Bertz CT molecular complexity index is 1200. The van der Waals surface area contributed by atoms with Crippen LogP contribution in [0.3, 0.4) is 0 Å². The molecule has 1 aromatic rings. The smallest absolute Gasteiger partial charge is 0.312 e. The molecular weight excluding hydrogens is 618 g/mol. The maximum atomic E-state index is 14.4. The fraction of sp³-hybridized carbons (Fsp3) is 0.562. The highest BCUT2D eigenvalue weighted by Gasteiger charge is 2.77. The second-order valence-electron chi connectivity index (χ2n) is 11.5. The molecule has 234 valence electrons. The number of allylic oxidation sites excluding steroid dienone is 1. The van der Waals surface area contributed by atoms with E-state index in [2.05, 4.69) is 34.4 Å². The molecule has 3 heterocycles. The van der Waals surface area contributed by atoms with Crippen molar-refractivity contribution in [2.75, 3.05) is 26.2 Å². The number of aliphatic hydroxyl groups is 1. The Morgan fingerprint density at radius 1 is 1.26 bits per heavy atom. The molecular formula is C32H42BrN3O7. The van der Waals surface area contributed by atoms with E-state index in [1.54, 1.807) is 28.9 Å². The number of amides is 3. The van der Waals surface area contributed by atoms with Crippen LogP contribution in [0.5, 0.6) is 0 Å². The molecule has 0 saturated carbocycles. The number of rotatable bonds is 16. The predicted molar refractivity (Wildman–Crippen MR) is 164 cm³/mol. The summed E-state index contributed by atoms with van der Waals surface area (Å²) in [6.07, 6.45) is 4.22. The number of hydrogen-bond donors (Lipinski definition) is 2. The Morgan fingerprint density at radius 2 is 2.00 bits per heavy atom. The summed E-state index contributed by atoms with van der Waals surface area (Å²) in [5.74, 6) is -3.14. The van der Waals surface area contributed by atoms with Gasteiger partial charge in [0.15, 0.2) is 0 Å². The Morgan fingerprint density at radius 3 is 2.67 bits per heavy atom. The van der Waals surface area contributed by atoms with E-state index in [0.717, 1.165) is 5.56 Å². The largest absolute Gasteiger partial charge is 0.460 e. The van der Waals surface area contributed by atoms with Gasteiger partial charge < -0.3 is 29.7 Å². The summed E-state index contributed by atoms with van der Waals surface area (Å²) in [6, 6.07) is 8.64. The van der Waals surface area contributed by atoms with Crippen LogP contribution in [0.4, 0.5) is 0 Å². The Labute approximate surface area is 261 Å². The molecule has 2 bridgehead atoms. The van der Waals surface area contributed by atoms with Gasteiger partial charge >= 0.3 is 5.97 Å². The fourth-order valence-corrected chi connectivity index (χ4v) is 7.52. The van der Waals surface area contributed by atoms with Gasteiger partial charge in [-0.25, -0.2) is 0 Å². The van der Waals surface area contributed by atoms with Gasteiger partial charge in [0.1, 0.15) is 17.7 Å². The monoisotopic (exact) mass is 659 g/mol. The summed E-state index contributed by atoms with van der Waals surface area (Å²) in [4.78, 5) is 57.2. The average molecular weight is 661 g/mol. The minimum absolute atomic E-state index is 0.0369. The van der Waals surface area contributed by atoms with Crippen LogP contribution in [-0.2, 0) is 35.2 Å². The zero-order valence-electron chi connectivity index (χ0n) is 24.7. The summed E-state index contributed by atoms with van der Waals surface area (Å²) in [7, 11) is 0. The van der Waals surface area contributed by atoms with Crippen molar-refractivity contribution < 1.29 is 33.8 Å². The normalized spacial score (nSPS) is 27.8. The van der Waals surface area contributed by atoms with Crippen molar-refractivity contribution in [1.29, 1.82) is 0 Å². The number of esters is 1. The zero-order valence-corrected chi connectivity index (χ0v) is 26.2. The number of nitrogens with one attached hydrogen (secondary N) is 1. The van der Waals surface area contributed by atoms with E-state index in [0.29, 0.717) is 38.6 Å². The lowest BCUT2D eigenvalue weighted by atomic mass is 9.70. The van der Waals surface area contributed by atoms with E-state index in [1.165, 1.54) is 0 Å². The van der Waals surface area contributed by atoms with Crippen LogP contribution in [-0.4, -0.2) is 93.5 Å². The molecule has 0 radical (unpaired) electrons. The molecule has 3 aliphatic heterocycles. The van der Waals surface area contributed by atoms with Crippen LogP contribution in [0.2, 0.25) is 0 Å². The van der Waals surface area contributed by atoms with Gasteiger partial charge in [-0.3, -0.25) is 19.2 Å². The number of halogens is 1. The number of aliphatic hydroxyl groups excluding tert-OH is 1. The van der Waals surface area contributed by atoms with Crippen molar-refractivity contribution in [1.82, 2.24) is 15.1 Å². The highest BCUT2D eigenvalue weighted by Crippen LogP contribution is 2.60. The molecule has 1 unspecified atom stereocenters. The van der Waals surface area contributed by atoms with Crippen LogP contribution in [0.25, 0.3) is 0 Å². The van der Waals surface area contributed by atoms with Crippen molar-refractivity contribution >= 4 is 39.6 Å². The summed E-state index contributed by atoms with van der Waals surface area (Å²) < 4.78 is 12.3. The minimum Gasteiger partial charge on any atom is -0.460 e. The maximum Gasteiger partial charge on any atom is 0.312 e. The van der Waals surface area contributed by atoms with Crippen molar-refractivity contribution in [2.45, 2.75) is 74.3 Å². The number of benzene rings is 1. The van der Waals surface area contributed by atoms with Crippen LogP contribution in [0.15, 0.2) is 55.6 Å². The maximum absolute atomic E-state index is 14.4. The quantitative estimate of drug-likeness (QED) is 0.121. The summed E-state index contributed by atoms with van der Waals surface area (Å²) >= 11 is 3.68. The summed E-state index contributed by atoms with van der Waals surface area (Å²) in [5.41, 5.74) is -0.279. The van der Waals surface area contributed by atoms with Gasteiger partial charge in [0.05, 0.1) is 24.5 Å². The van der Waals surface area contributed by atoms with Crippen molar-refractivity contribution in [3.63, 3.8) is 0 Å². The number of carbonyl (C=O) groups is 4. The molecule has 0 aromatic heterocycles. The van der Waals surface area contributed by atoms with Gasteiger partial charge in [0.25, 0.3) is 0 Å². The molecule has 4 rings (SSSR count). The van der Waals surface area contributed by atoms with Gasteiger partial charge in [-0.2, -0.15) is 0 Å². The first kappa shape index (κ1) is 32.9. The van der Waals surface area contributed by atoms with Crippen molar-refractivity contribution in [2.24, 2.45) is 11.8 Å². The number of ether oxygens (including phenoxy) is 2. The topological polar surface area (TPSA) is 125 Å². The Hall–Kier alpha value is -3.02. The first-order chi connectivity index (χ1) is 20.7. The second kappa shape index (κ2) is 14.6. The molecule has 10 nitrogen and oxygen atoms in total. The molecule has 3 aliphatic rings. The number of nitrogens with zero attached hydrogens (tertiary/aromatic N) is 2. The average Bonchev–Trinajstić information content (AvgIpc) is 3.58. The first-order valence-electron chi connectivity index (χ1n) is 14.9. The lowest BCUT2D eigenvalue weighted by Gasteiger charge is -2.37. The molecule has 43 heavy (non-hydrogen) atoms. The number of hydrogen-bond acceptors (Lipinski definition) is 7. The standard InChI is InChI=1S/C32H42BrN3O7/c1-4-6-14-24(38)34-19-21(3)42-31(41)25-26-29(39)36(16-10-11-17-37)28(32(26)18-23(33)27(25)43-32)30(40)35(15-5-2)20-22-12-8-7-9-13-22/h4-5,7-9,12-13,21,23,25-28,37H,1-2,6,10-11,14-20H2,3H3,(H,34,38)/t21-,23?,25-,26+,27-,28-,32+/m0/s1. The first-order valence-corrected chi connectivity index (χ1v) is 15.8. The minimum atomic E-state index is -1.21. The van der Waals surface area contributed by atoms with Crippen LogP contribution in [0, 0.1) is 11.8 Å². The van der Waals surface area contributed by atoms with Gasteiger partial charge in [0, 0.05) is 37.5 Å². The molecule has 3 fully saturated rings. The fourth-order valence-electron chi connectivity index (χ4n) is 6.58. The number of alkyl halides is 1. The molecule has 0 aliphatic carbocycles. The lowest BCUT2D eigenvalue weighted by molar-refractivity contribution is -0.159. The molecule has 3 saturated heterocycles. The molecule has 1 spiro atoms. The SMILES string of the molecule is C=CCCC(=O)NC[C@H](C)OC(=O)[C@@H]1[C@H]2O[C@@]3(CC2Br)[C@H](C(=O)N(CC=C)Cc2ccccc2)N(CCCCO)C(=O)[C@@H]13. The van der Waals surface area contributed by atoms with E-state index in [-0.39, 0.29) is 48.8 Å². The van der Waals surface area contributed by atoms with E-state index < -0.39 is 41.7 Å². The van der Waals surface area contributed by atoms with Gasteiger partial charge in [-0.1, -0.05) is 58.4 Å². The van der Waals surface area contributed by atoms with Crippen molar-refractivity contribution in [3.8, 4) is 0 Å². The highest BCUT2D eigenvalue weighted by atomic mass is 79.9. The molecule has 11 heteroatoms. The van der Waals surface area contributed by atoms with E-state index in [1.807, 2.05) is 30.3 Å². The van der Waals surface area contributed by atoms with Gasteiger partial charge in [-0.05, 0) is 38.2 Å². The molecule has 7 atom stereocenters. The summed E-state index contributed by atoms with van der Waals surface area (Å²) in [6.45, 7) is 10.1. The van der Waals surface area contributed by atoms with Crippen molar-refractivity contribution in [3.05, 3.63) is 61.2 Å². The third-order valence-corrected chi connectivity index (χ3v) is 9.30. The lowest BCUT2D eigenvalue weighted by Crippen LogP contribution is -2.56. The van der Waals surface area contributed by atoms with Crippen LogP contribution >= 0.6 is 15.9 Å². The van der Waals surface area contributed by atoms with E-state index in [4.69, 9.17) is 9.47 Å². The number of unbranched alkanes of at least 4 members (excludes halogenated alkanes) is 1. The Balaban J connectivity index is 1.59. The second-order valence-corrected chi connectivity index (χ2v) is 12.7. The van der Waals surface area contributed by atoms with E-state index in [9.17, 15) is 24.3 Å². The highest BCUT2D eigenvalue weighted by molar-refractivity contribution is 9.09. The summed E-state index contributed by atoms with van der Waals surface area (Å²) in [5, 5.41) is 12.2. The third-order valence-electron chi connectivity index (χ3n) is 8.46. The third kappa shape index (κ3) is 6.89. The van der Waals surface area contributed by atoms with Gasteiger partial charge in [0.2, 0.25) is 17.7 Å². The predicted octanol–water partition coefficient (Wildman–Crippen LogP) is 2.74. The molecule has 3 amide bonds. The number of likely N-dealkylation sites (tertiary alicyclic amines) is 1. The molecule has 2 N–H and O–H groups in total. The Kier molecular flexibility index (Phi) is 11.2. The van der Waals surface area contributed by atoms with Crippen LogP contribution in [0.1, 0.15) is 44.6 Å². The number of fused-ring (bicyclic) bond motifs is 1.